The molecule has 5 heteroatoms. The van der Waals surface area contributed by atoms with Gasteiger partial charge in [-0.15, -0.1) is 11.3 Å². The van der Waals surface area contributed by atoms with Gasteiger partial charge in [0.25, 0.3) is 5.91 Å². The predicted octanol–water partition coefficient (Wildman–Crippen LogP) is 1.66. The molecule has 2 rings (SSSR count). The Morgan fingerprint density at radius 3 is 2.95 bits per heavy atom. The molecule has 1 saturated heterocycles. The fraction of sp³-hybridized carbons (Fsp3) is 0.562. The van der Waals surface area contributed by atoms with E-state index in [1.165, 1.54) is 30.6 Å². The summed E-state index contributed by atoms with van der Waals surface area (Å²) in [6.45, 7) is 5.45. The fourth-order valence-electron chi connectivity index (χ4n) is 2.54. The first kappa shape index (κ1) is 16.0. The Morgan fingerprint density at radius 2 is 2.24 bits per heavy atom. The lowest BCUT2D eigenvalue weighted by Gasteiger charge is -2.32. The van der Waals surface area contributed by atoms with E-state index in [9.17, 15) is 4.79 Å². The third-order valence-electron chi connectivity index (χ3n) is 3.77. The maximum atomic E-state index is 12.3. The Bertz CT molecular complexity index is 523. The molecule has 0 spiro atoms. The standard InChI is InChI=1S/C16H23N3OS/c1-13(19-9-3-2-4-10-19)12-18-16(20)15-14(6-5-8-17)7-11-21-15/h7,11,13H,2-4,8-10,12,17H2,1H3,(H,18,20). The highest BCUT2D eigenvalue weighted by molar-refractivity contribution is 7.12. The zero-order valence-corrected chi connectivity index (χ0v) is 13.3. The van der Waals surface area contributed by atoms with Crippen molar-refractivity contribution in [1.29, 1.82) is 0 Å². The van der Waals surface area contributed by atoms with Gasteiger partial charge in [-0.3, -0.25) is 9.69 Å². The number of amides is 1. The number of nitrogens with two attached hydrogens (primary N) is 1. The van der Waals surface area contributed by atoms with Crippen molar-refractivity contribution in [3.63, 3.8) is 0 Å². The Balaban J connectivity index is 1.88. The van der Waals surface area contributed by atoms with Crippen molar-refractivity contribution in [2.24, 2.45) is 5.73 Å². The third kappa shape index (κ3) is 4.57. The van der Waals surface area contributed by atoms with Gasteiger partial charge >= 0.3 is 0 Å². The average molecular weight is 305 g/mol. The Kier molecular flexibility index (Phi) is 6.24. The summed E-state index contributed by atoms with van der Waals surface area (Å²) in [5.41, 5.74) is 6.15. The van der Waals surface area contributed by atoms with Crippen LogP contribution in [-0.4, -0.2) is 43.0 Å². The van der Waals surface area contributed by atoms with Crippen molar-refractivity contribution in [3.05, 3.63) is 21.9 Å². The summed E-state index contributed by atoms with van der Waals surface area (Å²) in [6, 6.07) is 2.25. The first-order chi connectivity index (χ1) is 10.2. The van der Waals surface area contributed by atoms with Gasteiger partial charge in [-0.05, 0) is 44.3 Å². The molecule has 1 atom stereocenters. The largest absolute Gasteiger partial charge is 0.350 e. The van der Waals surface area contributed by atoms with Crippen molar-refractivity contribution in [2.45, 2.75) is 32.2 Å². The van der Waals surface area contributed by atoms with Crippen molar-refractivity contribution >= 4 is 17.2 Å². The summed E-state index contributed by atoms with van der Waals surface area (Å²) in [4.78, 5) is 15.4. The zero-order valence-electron chi connectivity index (χ0n) is 12.5. The molecule has 114 valence electrons. The van der Waals surface area contributed by atoms with Gasteiger partial charge in [-0.1, -0.05) is 18.3 Å². The Labute approximate surface area is 130 Å². The summed E-state index contributed by atoms with van der Waals surface area (Å²) in [6.07, 6.45) is 3.86. The van der Waals surface area contributed by atoms with Crippen LogP contribution >= 0.6 is 11.3 Å². The molecular formula is C16H23N3OS. The van der Waals surface area contributed by atoms with E-state index >= 15 is 0 Å². The van der Waals surface area contributed by atoms with Gasteiger partial charge in [0.2, 0.25) is 0 Å². The van der Waals surface area contributed by atoms with Crippen molar-refractivity contribution in [2.75, 3.05) is 26.2 Å². The molecule has 1 amide bonds. The highest BCUT2D eigenvalue weighted by Crippen LogP contribution is 2.16. The molecule has 1 fully saturated rings. The van der Waals surface area contributed by atoms with Gasteiger partial charge in [0.1, 0.15) is 4.88 Å². The third-order valence-corrected chi connectivity index (χ3v) is 4.68. The van der Waals surface area contributed by atoms with Crippen LogP contribution in [0.25, 0.3) is 0 Å². The number of rotatable bonds is 4. The minimum atomic E-state index is -0.0322. The first-order valence-electron chi connectivity index (χ1n) is 7.51. The maximum absolute atomic E-state index is 12.3. The molecule has 2 heterocycles. The molecule has 0 aromatic carbocycles. The second-order valence-electron chi connectivity index (χ2n) is 5.32. The quantitative estimate of drug-likeness (QED) is 0.832. The highest BCUT2D eigenvalue weighted by atomic mass is 32.1. The van der Waals surface area contributed by atoms with Crippen LogP contribution in [-0.2, 0) is 0 Å². The number of carbonyl (C=O) groups excluding carboxylic acids is 1. The number of carbonyl (C=O) groups is 1. The minimum absolute atomic E-state index is 0.0322. The molecule has 0 saturated carbocycles. The molecule has 1 aromatic heterocycles. The lowest BCUT2D eigenvalue weighted by molar-refractivity contribution is 0.0934. The molecular weight excluding hydrogens is 282 g/mol. The van der Waals surface area contributed by atoms with Crippen LogP contribution in [0.5, 0.6) is 0 Å². The van der Waals surface area contributed by atoms with Crippen molar-refractivity contribution in [1.82, 2.24) is 10.2 Å². The van der Waals surface area contributed by atoms with E-state index in [1.54, 1.807) is 0 Å². The second-order valence-corrected chi connectivity index (χ2v) is 6.24. The molecule has 0 aliphatic carbocycles. The molecule has 1 aliphatic rings. The second kappa shape index (κ2) is 8.18. The van der Waals surface area contributed by atoms with Gasteiger partial charge in [0, 0.05) is 18.2 Å². The summed E-state index contributed by atoms with van der Waals surface area (Å²) >= 11 is 1.43. The molecule has 0 radical (unpaired) electrons. The van der Waals surface area contributed by atoms with E-state index in [0.717, 1.165) is 18.7 Å². The maximum Gasteiger partial charge on any atom is 0.262 e. The zero-order chi connectivity index (χ0) is 15.1. The summed E-state index contributed by atoms with van der Waals surface area (Å²) < 4.78 is 0. The summed E-state index contributed by atoms with van der Waals surface area (Å²) in [7, 11) is 0. The number of hydrogen-bond acceptors (Lipinski definition) is 4. The van der Waals surface area contributed by atoms with Crippen LogP contribution in [0.4, 0.5) is 0 Å². The van der Waals surface area contributed by atoms with E-state index in [2.05, 4.69) is 29.0 Å². The fourth-order valence-corrected chi connectivity index (χ4v) is 3.30. The predicted molar refractivity (Wildman–Crippen MR) is 87.5 cm³/mol. The van der Waals surface area contributed by atoms with Gasteiger partial charge in [-0.25, -0.2) is 0 Å². The molecule has 1 aliphatic heterocycles. The number of nitrogens with one attached hydrogen (secondary N) is 1. The molecule has 3 N–H and O–H groups in total. The van der Waals surface area contributed by atoms with Crippen molar-refractivity contribution < 1.29 is 4.79 Å². The van der Waals surface area contributed by atoms with Gasteiger partial charge in [-0.2, -0.15) is 0 Å². The summed E-state index contributed by atoms with van der Waals surface area (Å²) in [5, 5.41) is 4.92. The van der Waals surface area contributed by atoms with Crippen LogP contribution in [0.2, 0.25) is 0 Å². The lowest BCUT2D eigenvalue weighted by atomic mass is 10.1. The van der Waals surface area contributed by atoms with E-state index in [1.807, 2.05) is 11.4 Å². The number of thiophene rings is 1. The smallest absolute Gasteiger partial charge is 0.262 e. The number of piperidine rings is 1. The van der Waals surface area contributed by atoms with Crippen LogP contribution in [0.3, 0.4) is 0 Å². The monoisotopic (exact) mass is 305 g/mol. The Hall–Kier alpha value is -1.35. The first-order valence-corrected chi connectivity index (χ1v) is 8.39. The topological polar surface area (TPSA) is 58.4 Å². The Morgan fingerprint density at radius 1 is 1.48 bits per heavy atom. The average Bonchev–Trinajstić information content (AvgIpc) is 2.99. The summed E-state index contributed by atoms with van der Waals surface area (Å²) in [5.74, 6) is 5.72. The van der Waals surface area contributed by atoms with E-state index in [-0.39, 0.29) is 5.91 Å². The van der Waals surface area contributed by atoms with E-state index in [0.29, 0.717) is 24.0 Å². The normalized spacial score (nSPS) is 16.9. The molecule has 4 nitrogen and oxygen atoms in total. The molecule has 0 bridgehead atoms. The number of nitrogens with zero attached hydrogens (tertiary/aromatic N) is 1. The minimum Gasteiger partial charge on any atom is -0.350 e. The lowest BCUT2D eigenvalue weighted by Crippen LogP contribution is -2.44. The molecule has 1 aromatic rings. The molecule has 21 heavy (non-hydrogen) atoms. The highest BCUT2D eigenvalue weighted by Gasteiger charge is 2.18. The van der Waals surface area contributed by atoms with Gasteiger partial charge < -0.3 is 11.1 Å². The van der Waals surface area contributed by atoms with Crippen LogP contribution in [0.1, 0.15) is 41.4 Å². The SMILES string of the molecule is CC(CNC(=O)c1sccc1C#CCN)N1CCCCC1. The van der Waals surface area contributed by atoms with Crippen molar-refractivity contribution in [3.8, 4) is 11.8 Å². The van der Waals surface area contributed by atoms with Crippen LogP contribution in [0, 0.1) is 11.8 Å². The van der Waals surface area contributed by atoms with E-state index < -0.39 is 0 Å². The molecule has 1 unspecified atom stereocenters. The van der Waals surface area contributed by atoms with Gasteiger partial charge in [0.15, 0.2) is 0 Å². The number of hydrogen-bond donors (Lipinski definition) is 2. The van der Waals surface area contributed by atoms with Crippen LogP contribution in [0.15, 0.2) is 11.4 Å². The van der Waals surface area contributed by atoms with Gasteiger partial charge in [0.05, 0.1) is 6.54 Å². The van der Waals surface area contributed by atoms with Crippen LogP contribution < -0.4 is 11.1 Å². The number of likely N-dealkylation sites (tertiary alicyclic amines) is 1. The van der Waals surface area contributed by atoms with E-state index in [4.69, 9.17) is 5.73 Å².